The second-order valence-corrected chi connectivity index (χ2v) is 12.3. The molecular formula is C28H38O7. The average molecular weight is 487 g/mol. The quantitative estimate of drug-likeness (QED) is 0.349. The van der Waals surface area contributed by atoms with E-state index in [1.165, 1.54) is 6.92 Å². The molecule has 2 fully saturated rings. The predicted molar refractivity (Wildman–Crippen MR) is 128 cm³/mol. The number of carbonyl (C=O) groups is 2. The Bertz CT molecular complexity index is 1080. The molecule has 4 N–H and O–H groups in total. The maximum atomic E-state index is 13.1. The minimum Gasteiger partial charge on any atom is -0.455 e. The van der Waals surface area contributed by atoms with E-state index in [1.807, 2.05) is 19.1 Å². The number of aliphatic hydroxyl groups is 4. The molecule has 0 spiro atoms. The normalized spacial score (nSPS) is 49.0. The summed E-state index contributed by atoms with van der Waals surface area (Å²) in [7, 11) is 0. The van der Waals surface area contributed by atoms with Gasteiger partial charge in [0.1, 0.15) is 22.9 Å². The van der Waals surface area contributed by atoms with Crippen molar-refractivity contribution in [2.75, 3.05) is 0 Å². The van der Waals surface area contributed by atoms with Crippen molar-refractivity contribution in [3.8, 4) is 0 Å². The largest absolute Gasteiger partial charge is 0.455 e. The van der Waals surface area contributed by atoms with Gasteiger partial charge in [-0.05, 0) is 71.3 Å². The number of fused-ring (bicyclic) bond motifs is 5. The average Bonchev–Trinajstić information content (AvgIpc) is 2.96. The van der Waals surface area contributed by atoms with Crippen LogP contribution < -0.4 is 0 Å². The number of esters is 1. The molecule has 192 valence electrons. The van der Waals surface area contributed by atoms with Crippen molar-refractivity contribution in [3.05, 3.63) is 34.9 Å². The van der Waals surface area contributed by atoms with Crippen molar-refractivity contribution < 1.29 is 34.8 Å². The van der Waals surface area contributed by atoms with E-state index >= 15 is 0 Å². The lowest BCUT2D eigenvalue weighted by Gasteiger charge is -2.63. The van der Waals surface area contributed by atoms with Gasteiger partial charge in [-0.3, -0.25) is 4.79 Å². The Kier molecular flexibility index (Phi) is 5.24. The zero-order valence-electron chi connectivity index (χ0n) is 21.3. The Morgan fingerprint density at radius 1 is 1.14 bits per heavy atom. The first-order chi connectivity index (χ1) is 16.2. The van der Waals surface area contributed by atoms with Gasteiger partial charge in [0.15, 0.2) is 5.78 Å². The van der Waals surface area contributed by atoms with Gasteiger partial charge in [0, 0.05) is 23.8 Å². The molecule has 9 atom stereocenters. The van der Waals surface area contributed by atoms with Gasteiger partial charge in [-0.1, -0.05) is 30.2 Å². The van der Waals surface area contributed by atoms with E-state index in [0.717, 1.165) is 11.1 Å². The van der Waals surface area contributed by atoms with Gasteiger partial charge >= 0.3 is 5.97 Å². The maximum Gasteiger partial charge on any atom is 0.334 e. The summed E-state index contributed by atoms with van der Waals surface area (Å²) in [5.41, 5.74) is -5.33. The number of rotatable bonds is 2. The number of aliphatic hydroxyl groups excluding tert-OH is 1. The molecule has 0 amide bonds. The van der Waals surface area contributed by atoms with Gasteiger partial charge in [0.2, 0.25) is 0 Å². The van der Waals surface area contributed by atoms with Crippen LogP contribution in [0.5, 0.6) is 0 Å². The van der Waals surface area contributed by atoms with E-state index in [9.17, 15) is 30.0 Å². The van der Waals surface area contributed by atoms with Gasteiger partial charge in [-0.15, -0.1) is 0 Å². The number of ketones is 1. The zero-order chi connectivity index (χ0) is 25.8. The third-order valence-electron chi connectivity index (χ3n) is 11.1. The summed E-state index contributed by atoms with van der Waals surface area (Å²) >= 11 is 0. The molecule has 5 aliphatic rings. The Hall–Kier alpha value is -1.80. The van der Waals surface area contributed by atoms with E-state index in [2.05, 4.69) is 0 Å². The topological polar surface area (TPSA) is 124 Å². The van der Waals surface area contributed by atoms with Crippen LogP contribution in [0, 0.1) is 22.7 Å². The van der Waals surface area contributed by atoms with Gasteiger partial charge in [0.05, 0.1) is 11.5 Å². The third kappa shape index (κ3) is 2.76. The lowest BCUT2D eigenvalue weighted by molar-refractivity contribution is -0.283. The Labute approximate surface area is 206 Å². The Morgan fingerprint density at radius 2 is 1.83 bits per heavy atom. The van der Waals surface area contributed by atoms with E-state index in [0.29, 0.717) is 31.3 Å². The van der Waals surface area contributed by atoms with Gasteiger partial charge in [-0.25, -0.2) is 4.79 Å². The summed E-state index contributed by atoms with van der Waals surface area (Å²) in [4.78, 5) is 25.6. The smallest absolute Gasteiger partial charge is 0.334 e. The van der Waals surface area contributed by atoms with E-state index in [4.69, 9.17) is 4.74 Å². The molecule has 7 nitrogen and oxygen atoms in total. The van der Waals surface area contributed by atoms with Crippen molar-refractivity contribution in [1.82, 2.24) is 0 Å². The van der Waals surface area contributed by atoms with Crippen molar-refractivity contribution >= 4 is 11.8 Å². The molecule has 35 heavy (non-hydrogen) atoms. The molecule has 0 unspecified atom stereocenters. The molecular weight excluding hydrogens is 448 g/mol. The van der Waals surface area contributed by atoms with E-state index < -0.39 is 51.7 Å². The first-order valence-corrected chi connectivity index (χ1v) is 12.8. The summed E-state index contributed by atoms with van der Waals surface area (Å²) in [5, 5.41) is 47.9. The highest BCUT2D eigenvalue weighted by Crippen LogP contribution is 2.70. The fourth-order valence-electron chi connectivity index (χ4n) is 8.44. The molecule has 0 radical (unpaired) electrons. The lowest BCUT2D eigenvalue weighted by Crippen LogP contribution is -2.72. The highest BCUT2D eigenvalue weighted by molar-refractivity contribution is 5.98. The molecule has 5 rings (SSSR count). The maximum absolute atomic E-state index is 13.1. The zero-order valence-corrected chi connectivity index (χ0v) is 21.3. The van der Waals surface area contributed by atoms with Gasteiger partial charge in [-0.2, -0.15) is 0 Å². The summed E-state index contributed by atoms with van der Waals surface area (Å²) in [6.07, 6.45) is 5.24. The number of ether oxygens (including phenoxy) is 1. The van der Waals surface area contributed by atoms with Crippen LogP contribution >= 0.6 is 0 Å². The molecule has 0 aromatic rings. The summed E-state index contributed by atoms with van der Waals surface area (Å²) < 4.78 is 5.58. The second-order valence-electron chi connectivity index (χ2n) is 12.3. The second kappa shape index (κ2) is 7.37. The van der Waals surface area contributed by atoms with Crippen LogP contribution in [0.2, 0.25) is 0 Å². The summed E-state index contributed by atoms with van der Waals surface area (Å²) in [6.45, 7) is 8.60. The number of hydrogen-bond acceptors (Lipinski definition) is 7. The standard InChI is InChI=1S/C28H38O7/c1-15-13-22(35-23(31)16(15)2)26(5,32)27(33)14-21(30)28(34)19-10-9-17-7-6-8-20(29)25(17,4)18(19)11-12-24(27,28)3/h6,8-9,18-19,21-22,30,32-34H,7,10-14H2,1-5H3/t18-,19+,21+,22-,24-,25+,26+,27+,28-/m1/s1. The van der Waals surface area contributed by atoms with Crippen LogP contribution in [0.25, 0.3) is 0 Å². The highest BCUT2D eigenvalue weighted by atomic mass is 16.6. The highest BCUT2D eigenvalue weighted by Gasteiger charge is 2.79. The van der Waals surface area contributed by atoms with Crippen LogP contribution in [0.1, 0.15) is 73.1 Å². The van der Waals surface area contributed by atoms with Crippen LogP contribution in [-0.4, -0.2) is 61.2 Å². The predicted octanol–water partition coefficient (Wildman–Crippen LogP) is 2.51. The molecule has 1 aliphatic heterocycles. The van der Waals surface area contributed by atoms with Crippen molar-refractivity contribution in [3.63, 3.8) is 0 Å². The fourth-order valence-corrected chi connectivity index (χ4v) is 8.44. The van der Waals surface area contributed by atoms with E-state index in [1.54, 1.807) is 26.8 Å². The molecule has 4 aliphatic carbocycles. The molecule has 0 saturated heterocycles. The van der Waals surface area contributed by atoms with Gasteiger partial charge < -0.3 is 25.2 Å². The first-order valence-electron chi connectivity index (χ1n) is 12.8. The molecule has 2 saturated carbocycles. The lowest BCUT2D eigenvalue weighted by atomic mass is 9.44. The molecule has 1 heterocycles. The number of cyclic esters (lactones) is 1. The number of hydrogen-bond donors (Lipinski definition) is 4. The van der Waals surface area contributed by atoms with E-state index in [-0.39, 0.29) is 24.5 Å². The van der Waals surface area contributed by atoms with Gasteiger partial charge in [0.25, 0.3) is 0 Å². The summed E-state index contributed by atoms with van der Waals surface area (Å²) in [6, 6.07) is 0. The Balaban J connectivity index is 1.57. The molecule has 0 aromatic heterocycles. The van der Waals surface area contributed by atoms with Crippen molar-refractivity contribution in [2.45, 2.75) is 102 Å². The first kappa shape index (κ1) is 24.9. The minimum atomic E-state index is -1.93. The monoisotopic (exact) mass is 486 g/mol. The molecule has 0 aromatic carbocycles. The fraction of sp³-hybridized carbons (Fsp3) is 0.714. The SMILES string of the molecule is CC1=C(C)C(=O)O[C@@H]([C@](C)(O)[C@]2(O)C[C@H](O)[C@]3(O)[C@H]4CC=C5CC=CC(=O)[C@]5(C)[C@@H]4CC[C@@]32C)C1. The third-order valence-corrected chi connectivity index (χ3v) is 11.1. The number of allylic oxidation sites excluding steroid dienone is 4. The molecule has 0 bridgehead atoms. The summed E-state index contributed by atoms with van der Waals surface area (Å²) in [5.74, 6) is -1.19. The van der Waals surface area contributed by atoms with Crippen LogP contribution in [0.4, 0.5) is 0 Å². The minimum absolute atomic E-state index is 0.0124. The van der Waals surface area contributed by atoms with Crippen LogP contribution in [0.15, 0.2) is 34.9 Å². The number of carbonyl (C=O) groups excluding carboxylic acids is 2. The van der Waals surface area contributed by atoms with Crippen LogP contribution in [0.3, 0.4) is 0 Å². The van der Waals surface area contributed by atoms with Crippen molar-refractivity contribution in [2.24, 2.45) is 22.7 Å². The van der Waals surface area contributed by atoms with Crippen molar-refractivity contribution in [1.29, 1.82) is 0 Å². The molecule has 7 heteroatoms. The Morgan fingerprint density at radius 3 is 2.49 bits per heavy atom. The van der Waals surface area contributed by atoms with Crippen LogP contribution in [-0.2, 0) is 14.3 Å².